The molecule has 6 heteroatoms. The molecule has 0 aromatic carbocycles. The van der Waals surface area contributed by atoms with Crippen molar-refractivity contribution in [3.8, 4) is 0 Å². The largest absolute Gasteiger partial charge is 0.463 e. The molecule has 23 heavy (non-hydrogen) atoms. The van der Waals surface area contributed by atoms with E-state index in [-0.39, 0.29) is 18.3 Å². The predicted octanol–water partition coefficient (Wildman–Crippen LogP) is 3.61. The molecule has 0 spiro atoms. The summed E-state index contributed by atoms with van der Waals surface area (Å²) in [6.07, 6.45) is 3.24. The van der Waals surface area contributed by atoms with Gasteiger partial charge in [0, 0.05) is 4.88 Å². The van der Waals surface area contributed by atoms with Gasteiger partial charge in [0.25, 0.3) is 0 Å². The molecule has 0 aliphatic heterocycles. The van der Waals surface area contributed by atoms with Crippen molar-refractivity contribution < 1.29 is 23.5 Å². The molecule has 0 amide bonds. The summed E-state index contributed by atoms with van der Waals surface area (Å²) in [5.41, 5.74) is 1.27. The molecule has 0 bridgehead atoms. The van der Waals surface area contributed by atoms with E-state index >= 15 is 0 Å². The van der Waals surface area contributed by atoms with Gasteiger partial charge in [-0.05, 0) is 48.9 Å². The Hall–Kier alpha value is -2.08. The van der Waals surface area contributed by atoms with Gasteiger partial charge in [-0.25, -0.2) is 9.59 Å². The van der Waals surface area contributed by atoms with Crippen molar-refractivity contribution in [2.24, 2.45) is 5.92 Å². The molecule has 1 aliphatic carbocycles. The van der Waals surface area contributed by atoms with E-state index in [4.69, 9.17) is 9.15 Å². The summed E-state index contributed by atoms with van der Waals surface area (Å²) < 4.78 is 15.1. The third-order valence-corrected chi connectivity index (χ3v) is 5.14. The number of furan rings is 1. The minimum atomic E-state index is -0.553. The number of thiophene rings is 1. The molecule has 1 aliphatic rings. The fraction of sp³-hybridized carbons (Fsp3) is 0.412. The van der Waals surface area contributed by atoms with Crippen molar-refractivity contribution in [3.63, 3.8) is 0 Å². The van der Waals surface area contributed by atoms with E-state index in [0.717, 1.165) is 12.8 Å². The minimum absolute atomic E-state index is 0.00516. The SMILES string of the molecule is COC(=O)c1ccc(COC(=O)c2cc3c(s2)CC[C@H](C)C3)o1. The number of carbonyl (C=O) groups excluding carboxylic acids is 2. The van der Waals surface area contributed by atoms with Crippen molar-refractivity contribution in [1.29, 1.82) is 0 Å². The molecule has 5 nitrogen and oxygen atoms in total. The normalized spacial score (nSPS) is 16.7. The Morgan fingerprint density at radius 3 is 2.96 bits per heavy atom. The summed E-state index contributed by atoms with van der Waals surface area (Å²) in [6.45, 7) is 2.23. The van der Waals surface area contributed by atoms with Crippen molar-refractivity contribution >= 4 is 23.3 Å². The van der Waals surface area contributed by atoms with Crippen LogP contribution in [0.5, 0.6) is 0 Å². The highest BCUT2D eigenvalue weighted by molar-refractivity contribution is 7.14. The maximum absolute atomic E-state index is 12.2. The highest BCUT2D eigenvalue weighted by Gasteiger charge is 2.21. The van der Waals surface area contributed by atoms with E-state index in [1.165, 1.54) is 41.4 Å². The number of aryl methyl sites for hydroxylation is 1. The Balaban J connectivity index is 1.61. The first-order valence-corrected chi connectivity index (χ1v) is 8.34. The van der Waals surface area contributed by atoms with Crippen LogP contribution in [0.15, 0.2) is 22.6 Å². The van der Waals surface area contributed by atoms with Gasteiger partial charge in [0.15, 0.2) is 0 Å². The highest BCUT2D eigenvalue weighted by atomic mass is 32.1. The van der Waals surface area contributed by atoms with Crippen molar-refractivity contribution in [1.82, 2.24) is 0 Å². The number of esters is 2. The van der Waals surface area contributed by atoms with E-state index in [1.54, 1.807) is 6.07 Å². The number of fused-ring (bicyclic) bond motifs is 1. The van der Waals surface area contributed by atoms with Crippen LogP contribution < -0.4 is 0 Å². The van der Waals surface area contributed by atoms with Gasteiger partial charge in [-0.2, -0.15) is 0 Å². The minimum Gasteiger partial charge on any atom is -0.463 e. The second kappa shape index (κ2) is 6.58. The lowest BCUT2D eigenvalue weighted by Gasteiger charge is -2.16. The lowest BCUT2D eigenvalue weighted by Crippen LogP contribution is -2.08. The van der Waals surface area contributed by atoms with Crippen LogP contribution >= 0.6 is 11.3 Å². The molecule has 0 fully saturated rings. The van der Waals surface area contributed by atoms with E-state index in [9.17, 15) is 9.59 Å². The van der Waals surface area contributed by atoms with E-state index < -0.39 is 5.97 Å². The molecule has 1 atom stereocenters. The number of hydrogen-bond acceptors (Lipinski definition) is 6. The summed E-state index contributed by atoms with van der Waals surface area (Å²) in [5, 5.41) is 0. The molecule has 2 heterocycles. The quantitative estimate of drug-likeness (QED) is 0.799. The zero-order valence-electron chi connectivity index (χ0n) is 13.1. The average Bonchev–Trinajstić information content (AvgIpc) is 3.18. The summed E-state index contributed by atoms with van der Waals surface area (Å²) >= 11 is 1.52. The smallest absolute Gasteiger partial charge is 0.373 e. The molecule has 0 unspecified atom stereocenters. The molecular weight excluding hydrogens is 316 g/mol. The van der Waals surface area contributed by atoms with Crippen LogP contribution in [0.1, 0.15) is 49.8 Å². The Kier molecular flexibility index (Phi) is 4.52. The number of hydrogen-bond donors (Lipinski definition) is 0. The molecule has 2 aromatic rings. The van der Waals surface area contributed by atoms with Crippen molar-refractivity contribution in [2.75, 3.05) is 7.11 Å². The zero-order chi connectivity index (χ0) is 16.4. The summed E-state index contributed by atoms with van der Waals surface area (Å²) in [5.74, 6) is 0.268. The van der Waals surface area contributed by atoms with Crippen LogP contribution in [0.2, 0.25) is 0 Å². The Labute approximate surface area is 138 Å². The Morgan fingerprint density at radius 1 is 1.35 bits per heavy atom. The maximum atomic E-state index is 12.2. The van der Waals surface area contributed by atoms with Crippen LogP contribution in [0.3, 0.4) is 0 Å². The van der Waals surface area contributed by atoms with Gasteiger partial charge in [-0.1, -0.05) is 6.92 Å². The third-order valence-electron chi connectivity index (χ3n) is 3.92. The first-order valence-electron chi connectivity index (χ1n) is 7.52. The van der Waals surface area contributed by atoms with Gasteiger partial charge in [0.05, 0.1) is 7.11 Å². The Bertz CT molecular complexity index is 727. The van der Waals surface area contributed by atoms with E-state index in [0.29, 0.717) is 16.6 Å². The van der Waals surface area contributed by atoms with Gasteiger partial charge in [-0.3, -0.25) is 0 Å². The summed E-state index contributed by atoms with van der Waals surface area (Å²) in [4.78, 5) is 25.4. The van der Waals surface area contributed by atoms with Crippen molar-refractivity contribution in [2.45, 2.75) is 32.8 Å². The fourth-order valence-electron chi connectivity index (χ4n) is 2.68. The molecule has 2 aromatic heterocycles. The second-order valence-electron chi connectivity index (χ2n) is 5.74. The number of ether oxygens (including phenoxy) is 2. The van der Waals surface area contributed by atoms with Crippen LogP contribution in [0.25, 0.3) is 0 Å². The van der Waals surface area contributed by atoms with Gasteiger partial charge in [-0.15, -0.1) is 11.3 Å². The number of methoxy groups -OCH3 is 1. The third kappa shape index (κ3) is 3.47. The lowest BCUT2D eigenvalue weighted by molar-refractivity contribution is 0.0444. The van der Waals surface area contributed by atoms with E-state index in [1.807, 2.05) is 6.07 Å². The molecule has 0 radical (unpaired) electrons. The molecule has 0 saturated heterocycles. The van der Waals surface area contributed by atoms with Crippen LogP contribution in [0.4, 0.5) is 0 Å². The standard InChI is InChI=1S/C17H18O5S/c1-10-3-6-14-11(7-10)8-15(23-14)17(19)21-9-12-4-5-13(22-12)16(18)20-2/h4-5,8,10H,3,6-7,9H2,1-2H3/t10-/m0/s1. The predicted molar refractivity (Wildman–Crippen MR) is 84.7 cm³/mol. The Morgan fingerprint density at radius 2 is 2.17 bits per heavy atom. The molecule has 0 saturated carbocycles. The molecule has 3 rings (SSSR count). The van der Waals surface area contributed by atoms with Crippen LogP contribution in [0, 0.1) is 5.92 Å². The number of carbonyl (C=O) groups is 2. The van der Waals surface area contributed by atoms with E-state index in [2.05, 4.69) is 11.7 Å². The fourth-order valence-corrected chi connectivity index (χ4v) is 3.78. The van der Waals surface area contributed by atoms with Gasteiger partial charge < -0.3 is 13.9 Å². The summed E-state index contributed by atoms with van der Waals surface area (Å²) in [7, 11) is 1.28. The van der Waals surface area contributed by atoms with Gasteiger partial charge >= 0.3 is 11.9 Å². The first kappa shape index (κ1) is 15.8. The van der Waals surface area contributed by atoms with Crippen LogP contribution in [-0.2, 0) is 28.9 Å². The van der Waals surface area contributed by atoms with Crippen LogP contribution in [-0.4, -0.2) is 19.0 Å². The monoisotopic (exact) mass is 334 g/mol. The highest BCUT2D eigenvalue weighted by Crippen LogP contribution is 2.32. The molecule has 122 valence electrons. The number of rotatable bonds is 4. The second-order valence-corrected chi connectivity index (χ2v) is 6.88. The average molecular weight is 334 g/mol. The van der Waals surface area contributed by atoms with Crippen molar-refractivity contribution in [3.05, 3.63) is 45.0 Å². The first-order chi connectivity index (χ1) is 11.1. The van der Waals surface area contributed by atoms with Gasteiger partial charge in [0.1, 0.15) is 17.2 Å². The molecular formula is C17H18O5S. The zero-order valence-corrected chi connectivity index (χ0v) is 13.9. The summed E-state index contributed by atoms with van der Waals surface area (Å²) in [6, 6.07) is 5.04. The maximum Gasteiger partial charge on any atom is 0.373 e. The lowest BCUT2D eigenvalue weighted by atomic mass is 9.90. The van der Waals surface area contributed by atoms with Gasteiger partial charge in [0.2, 0.25) is 5.76 Å². The molecule has 0 N–H and O–H groups in total. The topological polar surface area (TPSA) is 65.7 Å².